The second-order valence-electron chi connectivity index (χ2n) is 7.41. The molecule has 5 heteroatoms. The van der Waals surface area contributed by atoms with E-state index in [1.807, 2.05) is 17.0 Å². The molecule has 1 aliphatic heterocycles. The van der Waals surface area contributed by atoms with Crippen LogP contribution in [0.2, 0.25) is 0 Å². The fourth-order valence-electron chi connectivity index (χ4n) is 3.62. The number of methoxy groups -OCH3 is 1. The van der Waals surface area contributed by atoms with Gasteiger partial charge in [-0.15, -0.1) is 0 Å². The van der Waals surface area contributed by atoms with Crippen LogP contribution in [-0.4, -0.2) is 25.0 Å². The van der Waals surface area contributed by atoms with Gasteiger partial charge in [-0.2, -0.15) is 0 Å². The van der Waals surface area contributed by atoms with Crippen molar-refractivity contribution < 1.29 is 14.3 Å². The highest BCUT2D eigenvalue weighted by molar-refractivity contribution is 6.07. The van der Waals surface area contributed by atoms with Gasteiger partial charge >= 0.3 is 0 Å². The molecule has 0 unspecified atom stereocenters. The number of benzene rings is 2. The summed E-state index contributed by atoms with van der Waals surface area (Å²) in [4.78, 5) is 26.9. The monoisotopic (exact) mass is 364 g/mol. The predicted molar refractivity (Wildman–Crippen MR) is 104 cm³/mol. The molecule has 1 fully saturated rings. The quantitative estimate of drug-likeness (QED) is 0.885. The Morgan fingerprint density at radius 2 is 1.89 bits per heavy atom. The lowest BCUT2D eigenvalue weighted by atomic mass is 10.1. The molecule has 0 aromatic heterocycles. The van der Waals surface area contributed by atoms with Crippen molar-refractivity contribution in [2.45, 2.75) is 38.8 Å². The number of hydrogen-bond acceptors (Lipinski definition) is 3. The highest BCUT2D eigenvalue weighted by Gasteiger charge is 2.32. The minimum Gasteiger partial charge on any atom is -0.497 e. The maximum absolute atomic E-state index is 13.1. The summed E-state index contributed by atoms with van der Waals surface area (Å²) >= 11 is 0. The van der Waals surface area contributed by atoms with Crippen LogP contribution < -0.4 is 15.0 Å². The van der Waals surface area contributed by atoms with Crippen LogP contribution in [0.15, 0.2) is 42.5 Å². The summed E-state index contributed by atoms with van der Waals surface area (Å²) < 4.78 is 5.18. The molecule has 1 aliphatic carbocycles. The minimum absolute atomic E-state index is 0.0110. The van der Waals surface area contributed by atoms with Gasteiger partial charge in [0.2, 0.25) is 5.91 Å². The number of fused-ring (bicyclic) bond motifs is 1. The molecule has 0 bridgehead atoms. The largest absolute Gasteiger partial charge is 0.497 e. The predicted octanol–water partition coefficient (Wildman–Crippen LogP) is 3.31. The molecule has 140 valence electrons. The van der Waals surface area contributed by atoms with E-state index >= 15 is 0 Å². The van der Waals surface area contributed by atoms with Crippen LogP contribution >= 0.6 is 0 Å². The number of carbonyl (C=O) groups is 2. The molecule has 2 aliphatic rings. The number of nitrogens with one attached hydrogen (secondary N) is 1. The van der Waals surface area contributed by atoms with Crippen molar-refractivity contribution in [2.24, 2.45) is 5.92 Å². The SMILES string of the molecule is COc1ccc(C(=O)N2c3cc(CNC(=O)C4CC4)ccc3C[C@H]2C)cc1. The highest BCUT2D eigenvalue weighted by Crippen LogP contribution is 2.34. The van der Waals surface area contributed by atoms with Crippen molar-refractivity contribution >= 4 is 17.5 Å². The van der Waals surface area contributed by atoms with E-state index in [0.717, 1.165) is 36.3 Å². The van der Waals surface area contributed by atoms with Crippen LogP contribution in [0.5, 0.6) is 5.75 Å². The Morgan fingerprint density at radius 1 is 1.15 bits per heavy atom. The second kappa shape index (κ2) is 7.06. The second-order valence-corrected chi connectivity index (χ2v) is 7.41. The summed E-state index contributed by atoms with van der Waals surface area (Å²) in [6, 6.07) is 13.5. The van der Waals surface area contributed by atoms with E-state index in [-0.39, 0.29) is 23.8 Å². The molecule has 2 aromatic carbocycles. The smallest absolute Gasteiger partial charge is 0.258 e. The van der Waals surface area contributed by atoms with Crippen LogP contribution in [0.1, 0.15) is 41.3 Å². The Kier molecular flexibility index (Phi) is 4.60. The molecule has 4 rings (SSSR count). The van der Waals surface area contributed by atoms with Gasteiger partial charge in [0.1, 0.15) is 5.75 Å². The average molecular weight is 364 g/mol. The summed E-state index contributed by atoms with van der Waals surface area (Å²) in [6.07, 6.45) is 2.83. The van der Waals surface area contributed by atoms with Crippen LogP contribution in [0.25, 0.3) is 0 Å². The number of anilines is 1. The van der Waals surface area contributed by atoms with E-state index in [2.05, 4.69) is 18.3 Å². The first kappa shape index (κ1) is 17.6. The van der Waals surface area contributed by atoms with Gasteiger partial charge in [0.25, 0.3) is 5.91 Å². The van der Waals surface area contributed by atoms with Gasteiger partial charge in [0.05, 0.1) is 7.11 Å². The Hall–Kier alpha value is -2.82. The van der Waals surface area contributed by atoms with Gasteiger partial charge in [0.15, 0.2) is 0 Å². The first-order valence-electron chi connectivity index (χ1n) is 9.44. The lowest BCUT2D eigenvalue weighted by molar-refractivity contribution is -0.122. The van der Waals surface area contributed by atoms with Gasteiger partial charge in [-0.3, -0.25) is 9.59 Å². The molecular weight excluding hydrogens is 340 g/mol. The summed E-state index contributed by atoms with van der Waals surface area (Å²) in [5.41, 5.74) is 3.77. The molecule has 0 spiro atoms. The molecule has 1 atom stereocenters. The first-order valence-corrected chi connectivity index (χ1v) is 9.44. The van der Waals surface area contributed by atoms with Crippen LogP contribution in [-0.2, 0) is 17.8 Å². The Bertz CT molecular complexity index is 872. The van der Waals surface area contributed by atoms with Crippen LogP contribution in [0, 0.1) is 5.92 Å². The zero-order valence-corrected chi connectivity index (χ0v) is 15.7. The fourth-order valence-corrected chi connectivity index (χ4v) is 3.62. The van der Waals surface area contributed by atoms with Crippen LogP contribution in [0.3, 0.4) is 0 Å². The summed E-state index contributed by atoms with van der Waals surface area (Å²) in [5, 5.41) is 3.00. The Morgan fingerprint density at radius 3 is 2.56 bits per heavy atom. The zero-order valence-electron chi connectivity index (χ0n) is 15.7. The number of amides is 2. The lowest BCUT2D eigenvalue weighted by Crippen LogP contribution is -2.35. The van der Waals surface area contributed by atoms with E-state index in [9.17, 15) is 9.59 Å². The van der Waals surface area contributed by atoms with Crippen molar-refractivity contribution in [1.82, 2.24) is 5.32 Å². The molecule has 2 amide bonds. The van der Waals surface area contributed by atoms with Gasteiger partial charge in [-0.25, -0.2) is 0 Å². The third kappa shape index (κ3) is 3.54. The molecule has 27 heavy (non-hydrogen) atoms. The van der Waals surface area contributed by atoms with Gasteiger partial charge < -0.3 is 15.0 Å². The summed E-state index contributed by atoms with van der Waals surface area (Å²) in [5.74, 6) is 1.06. The van der Waals surface area contributed by atoms with Gasteiger partial charge in [-0.05, 0) is 67.6 Å². The van der Waals surface area contributed by atoms with E-state index in [1.54, 1.807) is 31.4 Å². The molecule has 0 radical (unpaired) electrons. The third-order valence-electron chi connectivity index (χ3n) is 5.34. The number of ether oxygens (including phenoxy) is 1. The maximum Gasteiger partial charge on any atom is 0.258 e. The van der Waals surface area contributed by atoms with E-state index in [0.29, 0.717) is 12.1 Å². The number of nitrogens with zero attached hydrogens (tertiary/aromatic N) is 1. The van der Waals surface area contributed by atoms with Crippen molar-refractivity contribution in [2.75, 3.05) is 12.0 Å². The van der Waals surface area contributed by atoms with Crippen molar-refractivity contribution in [3.05, 3.63) is 59.2 Å². The molecule has 2 aromatic rings. The van der Waals surface area contributed by atoms with Crippen molar-refractivity contribution in [3.63, 3.8) is 0 Å². The lowest BCUT2D eigenvalue weighted by Gasteiger charge is -2.23. The fraction of sp³-hybridized carbons (Fsp3) is 0.364. The van der Waals surface area contributed by atoms with E-state index < -0.39 is 0 Å². The van der Waals surface area contributed by atoms with Crippen molar-refractivity contribution in [1.29, 1.82) is 0 Å². The molecule has 0 saturated heterocycles. The minimum atomic E-state index is -0.0110. The standard InChI is InChI=1S/C22H24N2O3/c1-14-11-18-4-3-15(13-23-21(25)16-5-6-16)12-20(18)24(14)22(26)17-7-9-19(27-2)10-8-17/h3-4,7-10,12,14,16H,5-6,11,13H2,1-2H3,(H,23,25)/t14-/m1/s1. The Balaban J connectivity index is 1.54. The topological polar surface area (TPSA) is 58.6 Å². The number of hydrogen-bond donors (Lipinski definition) is 1. The highest BCUT2D eigenvalue weighted by atomic mass is 16.5. The van der Waals surface area contributed by atoms with E-state index in [4.69, 9.17) is 4.74 Å². The Labute approximate surface area is 159 Å². The first-order chi connectivity index (χ1) is 13.1. The van der Waals surface area contributed by atoms with Gasteiger partial charge in [0, 0.05) is 29.8 Å². The van der Waals surface area contributed by atoms with Gasteiger partial charge in [-0.1, -0.05) is 12.1 Å². The average Bonchev–Trinajstić information content (AvgIpc) is 3.48. The summed E-state index contributed by atoms with van der Waals surface area (Å²) in [6.45, 7) is 2.57. The van der Waals surface area contributed by atoms with Crippen molar-refractivity contribution in [3.8, 4) is 5.75 Å². The molecule has 1 heterocycles. The molecule has 1 saturated carbocycles. The van der Waals surface area contributed by atoms with Crippen LogP contribution in [0.4, 0.5) is 5.69 Å². The zero-order chi connectivity index (χ0) is 19.0. The third-order valence-corrected chi connectivity index (χ3v) is 5.34. The number of carbonyl (C=O) groups excluding carboxylic acids is 2. The molecule has 1 N–H and O–H groups in total. The van der Waals surface area contributed by atoms with E-state index in [1.165, 1.54) is 5.56 Å². The maximum atomic E-state index is 13.1. The normalized spacial score (nSPS) is 18.1. The summed E-state index contributed by atoms with van der Waals surface area (Å²) in [7, 11) is 1.61. The molecular formula is C22H24N2O3. The molecule has 5 nitrogen and oxygen atoms in total. The number of rotatable bonds is 5.